The molecule has 0 atom stereocenters. The van der Waals surface area contributed by atoms with Crippen molar-refractivity contribution in [1.82, 2.24) is 9.55 Å². The van der Waals surface area contributed by atoms with Crippen molar-refractivity contribution in [2.24, 2.45) is 0 Å². The molecule has 0 spiro atoms. The molecule has 0 radical (unpaired) electrons. The molecular formula is C13H14ClN3. The summed E-state index contributed by atoms with van der Waals surface area (Å²) in [7, 11) is 0. The third kappa shape index (κ3) is 2.03. The highest BCUT2D eigenvalue weighted by atomic mass is 35.5. The Hall–Kier alpha value is -1.48. The number of aromatic nitrogens is 2. The number of imidazole rings is 1. The Labute approximate surface area is 105 Å². The van der Waals surface area contributed by atoms with Gasteiger partial charge in [0.15, 0.2) is 0 Å². The Morgan fingerprint density at radius 3 is 2.94 bits per heavy atom. The van der Waals surface area contributed by atoms with Crippen LogP contribution in [0.3, 0.4) is 0 Å². The molecule has 3 rings (SSSR count). The molecule has 1 N–H and O–H groups in total. The zero-order valence-corrected chi connectivity index (χ0v) is 10.4. The maximum Gasteiger partial charge on any atom is 0.207 e. The first-order valence-electron chi connectivity index (χ1n) is 5.80. The highest BCUT2D eigenvalue weighted by Crippen LogP contribution is 2.38. The SMILES string of the molecule is Cc1cccc(Cl)c1Nc1nccn1C1CC1. The topological polar surface area (TPSA) is 29.9 Å². The van der Waals surface area contributed by atoms with Crippen LogP contribution in [0.5, 0.6) is 0 Å². The Morgan fingerprint density at radius 2 is 2.24 bits per heavy atom. The first-order valence-corrected chi connectivity index (χ1v) is 6.18. The number of benzene rings is 1. The number of nitrogens with one attached hydrogen (secondary N) is 1. The van der Waals surface area contributed by atoms with Crippen LogP contribution < -0.4 is 5.32 Å². The lowest BCUT2D eigenvalue weighted by Gasteiger charge is -2.12. The lowest BCUT2D eigenvalue weighted by atomic mass is 10.2. The van der Waals surface area contributed by atoms with Gasteiger partial charge >= 0.3 is 0 Å². The van der Waals surface area contributed by atoms with Crippen molar-refractivity contribution < 1.29 is 0 Å². The van der Waals surface area contributed by atoms with Crippen LogP contribution in [0.1, 0.15) is 24.4 Å². The van der Waals surface area contributed by atoms with Gasteiger partial charge in [-0.25, -0.2) is 4.98 Å². The summed E-state index contributed by atoms with van der Waals surface area (Å²) >= 11 is 6.19. The Morgan fingerprint density at radius 1 is 1.41 bits per heavy atom. The highest BCUT2D eigenvalue weighted by Gasteiger charge is 2.25. The number of hydrogen-bond acceptors (Lipinski definition) is 2. The van der Waals surface area contributed by atoms with E-state index in [1.165, 1.54) is 12.8 Å². The predicted octanol–water partition coefficient (Wildman–Crippen LogP) is 3.92. The zero-order valence-electron chi connectivity index (χ0n) is 9.65. The predicted molar refractivity (Wildman–Crippen MR) is 70.0 cm³/mol. The fourth-order valence-electron chi connectivity index (χ4n) is 1.96. The number of nitrogens with zero attached hydrogens (tertiary/aromatic N) is 2. The van der Waals surface area contributed by atoms with Gasteiger partial charge in [0, 0.05) is 18.4 Å². The molecule has 0 amide bonds. The average Bonchev–Trinajstić information content (AvgIpc) is 3.04. The Bertz CT molecular complexity index is 523. The van der Waals surface area contributed by atoms with Gasteiger partial charge in [-0.05, 0) is 31.4 Å². The number of para-hydroxylation sites is 1. The smallest absolute Gasteiger partial charge is 0.207 e. The molecule has 1 heterocycles. The Kier molecular flexibility index (Phi) is 2.56. The van der Waals surface area contributed by atoms with Gasteiger partial charge in [-0.1, -0.05) is 23.7 Å². The van der Waals surface area contributed by atoms with Crippen molar-refractivity contribution in [3.63, 3.8) is 0 Å². The number of anilines is 2. The highest BCUT2D eigenvalue weighted by molar-refractivity contribution is 6.33. The molecule has 4 heteroatoms. The molecule has 1 aromatic carbocycles. The van der Waals surface area contributed by atoms with E-state index < -0.39 is 0 Å². The molecule has 88 valence electrons. The summed E-state index contributed by atoms with van der Waals surface area (Å²) in [6.07, 6.45) is 6.33. The maximum atomic E-state index is 6.19. The van der Waals surface area contributed by atoms with Gasteiger partial charge in [0.25, 0.3) is 0 Å². The van der Waals surface area contributed by atoms with Crippen molar-refractivity contribution in [2.75, 3.05) is 5.32 Å². The van der Waals surface area contributed by atoms with Gasteiger partial charge in [-0.2, -0.15) is 0 Å². The van der Waals surface area contributed by atoms with Crippen LogP contribution in [0.2, 0.25) is 5.02 Å². The quantitative estimate of drug-likeness (QED) is 0.891. The van der Waals surface area contributed by atoms with Gasteiger partial charge in [0.2, 0.25) is 5.95 Å². The molecule has 1 aliphatic carbocycles. The van der Waals surface area contributed by atoms with Gasteiger partial charge in [0.05, 0.1) is 10.7 Å². The van der Waals surface area contributed by atoms with Crippen LogP contribution in [0.25, 0.3) is 0 Å². The van der Waals surface area contributed by atoms with Crippen LogP contribution in [-0.2, 0) is 0 Å². The molecule has 3 nitrogen and oxygen atoms in total. The number of hydrogen-bond donors (Lipinski definition) is 1. The lowest BCUT2D eigenvalue weighted by molar-refractivity contribution is 0.751. The normalized spacial score (nSPS) is 14.9. The molecule has 1 fully saturated rings. The third-order valence-electron chi connectivity index (χ3n) is 3.07. The van der Waals surface area contributed by atoms with Crippen LogP contribution in [0.4, 0.5) is 11.6 Å². The van der Waals surface area contributed by atoms with E-state index in [1.54, 1.807) is 0 Å². The fraction of sp³-hybridized carbons (Fsp3) is 0.308. The summed E-state index contributed by atoms with van der Waals surface area (Å²) in [4.78, 5) is 4.35. The maximum absolute atomic E-state index is 6.19. The van der Waals surface area contributed by atoms with Crippen molar-refractivity contribution in [2.45, 2.75) is 25.8 Å². The monoisotopic (exact) mass is 247 g/mol. The summed E-state index contributed by atoms with van der Waals surface area (Å²) < 4.78 is 2.18. The van der Waals surface area contributed by atoms with E-state index in [1.807, 2.05) is 37.5 Å². The molecular weight excluding hydrogens is 234 g/mol. The minimum Gasteiger partial charge on any atom is -0.324 e. The van der Waals surface area contributed by atoms with Crippen molar-refractivity contribution in [1.29, 1.82) is 0 Å². The minimum absolute atomic E-state index is 0.614. The molecule has 0 aliphatic heterocycles. The molecule has 0 saturated heterocycles. The van der Waals surface area contributed by atoms with Gasteiger partial charge in [0.1, 0.15) is 0 Å². The average molecular weight is 248 g/mol. The van der Waals surface area contributed by atoms with Crippen LogP contribution in [-0.4, -0.2) is 9.55 Å². The minimum atomic E-state index is 0.614. The molecule has 1 saturated carbocycles. The van der Waals surface area contributed by atoms with E-state index in [2.05, 4.69) is 14.9 Å². The van der Waals surface area contributed by atoms with E-state index in [0.29, 0.717) is 6.04 Å². The number of halogens is 1. The van der Waals surface area contributed by atoms with E-state index in [0.717, 1.165) is 22.2 Å². The lowest BCUT2D eigenvalue weighted by Crippen LogP contribution is -2.02. The summed E-state index contributed by atoms with van der Waals surface area (Å²) in [6.45, 7) is 2.04. The number of aryl methyl sites for hydroxylation is 1. The number of rotatable bonds is 3. The summed E-state index contributed by atoms with van der Waals surface area (Å²) in [5.41, 5.74) is 2.07. The fourth-order valence-corrected chi connectivity index (χ4v) is 2.23. The Balaban J connectivity index is 1.93. The van der Waals surface area contributed by atoms with E-state index >= 15 is 0 Å². The molecule has 0 bridgehead atoms. The van der Waals surface area contributed by atoms with Crippen molar-refractivity contribution in [3.05, 3.63) is 41.2 Å². The second-order valence-corrected chi connectivity index (χ2v) is 4.85. The van der Waals surface area contributed by atoms with Gasteiger partial charge < -0.3 is 9.88 Å². The summed E-state index contributed by atoms with van der Waals surface area (Å²) in [6, 6.07) is 6.50. The first-order chi connectivity index (χ1) is 8.25. The van der Waals surface area contributed by atoms with E-state index in [9.17, 15) is 0 Å². The second kappa shape index (κ2) is 4.08. The van der Waals surface area contributed by atoms with E-state index in [-0.39, 0.29) is 0 Å². The van der Waals surface area contributed by atoms with Crippen LogP contribution in [0.15, 0.2) is 30.6 Å². The zero-order chi connectivity index (χ0) is 11.8. The molecule has 0 unspecified atom stereocenters. The van der Waals surface area contributed by atoms with Crippen LogP contribution in [0, 0.1) is 6.92 Å². The first kappa shape index (κ1) is 10.7. The summed E-state index contributed by atoms with van der Waals surface area (Å²) in [5.74, 6) is 0.878. The molecule has 1 aliphatic rings. The van der Waals surface area contributed by atoms with Crippen molar-refractivity contribution >= 4 is 23.2 Å². The third-order valence-corrected chi connectivity index (χ3v) is 3.38. The standard InChI is InChI=1S/C13H14ClN3/c1-9-3-2-4-11(14)12(9)16-13-15-7-8-17(13)10-5-6-10/h2-4,7-8,10H,5-6H2,1H3,(H,15,16). The molecule has 2 aromatic rings. The molecule has 17 heavy (non-hydrogen) atoms. The largest absolute Gasteiger partial charge is 0.324 e. The molecule has 1 aromatic heterocycles. The van der Waals surface area contributed by atoms with Crippen molar-refractivity contribution in [3.8, 4) is 0 Å². The second-order valence-electron chi connectivity index (χ2n) is 4.45. The summed E-state index contributed by atoms with van der Waals surface area (Å²) in [5, 5.41) is 4.06. The van der Waals surface area contributed by atoms with Gasteiger partial charge in [-0.3, -0.25) is 0 Å². The van der Waals surface area contributed by atoms with E-state index in [4.69, 9.17) is 11.6 Å². The van der Waals surface area contributed by atoms with Crippen LogP contribution >= 0.6 is 11.6 Å². The van der Waals surface area contributed by atoms with Gasteiger partial charge in [-0.15, -0.1) is 0 Å².